The summed E-state index contributed by atoms with van der Waals surface area (Å²) in [7, 11) is 2.98. The Bertz CT molecular complexity index is 1150. The quantitative estimate of drug-likeness (QED) is 0.625. The number of nitrogens with zero attached hydrogens (tertiary/aromatic N) is 2. The Hall–Kier alpha value is -3.36. The summed E-state index contributed by atoms with van der Waals surface area (Å²) in [5, 5.41) is 5.96. The van der Waals surface area contributed by atoms with Crippen molar-refractivity contribution in [1.29, 1.82) is 0 Å². The van der Waals surface area contributed by atoms with Gasteiger partial charge in [-0.15, -0.1) is 5.06 Å². The van der Waals surface area contributed by atoms with Crippen molar-refractivity contribution in [3.63, 3.8) is 0 Å². The number of hydrogen-bond donors (Lipinski definition) is 1. The lowest BCUT2D eigenvalue weighted by Crippen LogP contribution is -2.47. The van der Waals surface area contributed by atoms with Crippen molar-refractivity contribution in [2.24, 2.45) is 0 Å². The Morgan fingerprint density at radius 2 is 1.81 bits per heavy atom. The van der Waals surface area contributed by atoms with Crippen molar-refractivity contribution in [3.8, 4) is 5.75 Å². The van der Waals surface area contributed by atoms with Gasteiger partial charge in [0.05, 0.1) is 31.3 Å². The van der Waals surface area contributed by atoms with E-state index in [0.29, 0.717) is 25.2 Å². The van der Waals surface area contributed by atoms with Crippen molar-refractivity contribution in [1.82, 2.24) is 14.9 Å². The summed E-state index contributed by atoms with van der Waals surface area (Å²) in [6.07, 6.45) is -0.455. The predicted molar refractivity (Wildman–Crippen MR) is 120 cm³/mol. The number of carbonyl (C=O) groups is 2. The summed E-state index contributed by atoms with van der Waals surface area (Å²) in [4.78, 5) is 30.9. The second-order valence-electron chi connectivity index (χ2n) is 7.83. The summed E-state index contributed by atoms with van der Waals surface area (Å²) < 4.78 is 11.7. The molecule has 8 nitrogen and oxygen atoms in total. The van der Waals surface area contributed by atoms with Crippen molar-refractivity contribution in [2.75, 3.05) is 33.9 Å². The molecule has 32 heavy (non-hydrogen) atoms. The number of nitrogens with one attached hydrogen (secondary N) is 1. The molecule has 2 heterocycles. The van der Waals surface area contributed by atoms with Crippen molar-refractivity contribution in [3.05, 3.63) is 64.8 Å². The monoisotopic (exact) mass is 437 g/mol. The van der Waals surface area contributed by atoms with Gasteiger partial charge in [0, 0.05) is 30.7 Å². The number of esters is 1. The average Bonchev–Trinajstić information content (AvgIpc) is 3.15. The van der Waals surface area contributed by atoms with Crippen molar-refractivity contribution >= 4 is 23.0 Å². The average molecular weight is 437 g/mol. The molecule has 1 saturated heterocycles. The molecule has 1 fully saturated rings. The minimum absolute atomic E-state index is 0.178. The standard InChI is InChI=1S/C24H27N3O5/c1-15-11-20(30-3)13-19-12-16(2)27(22(15)19)24(29)32-26-10-9-25-14-21(26)17-5-7-18(8-6-17)23(28)31-4/h5-8,11-13,21,25H,9-10,14H2,1-4H3. The van der Waals surface area contributed by atoms with Gasteiger partial charge in [0.2, 0.25) is 0 Å². The van der Waals surface area contributed by atoms with Crippen LogP contribution in [-0.2, 0) is 9.57 Å². The van der Waals surface area contributed by atoms with Crippen molar-refractivity contribution in [2.45, 2.75) is 19.9 Å². The van der Waals surface area contributed by atoms with E-state index in [4.69, 9.17) is 14.3 Å². The normalized spacial score (nSPS) is 16.7. The zero-order chi connectivity index (χ0) is 22.8. The molecule has 0 spiro atoms. The number of hydroxylamine groups is 2. The molecule has 2 aromatic carbocycles. The van der Waals surface area contributed by atoms with E-state index in [-0.39, 0.29) is 12.0 Å². The minimum Gasteiger partial charge on any atom is -0.497 e. The largest absolute Gasteiger partial charge is 0.497 e. The number of aryl methyl sites for hydroxylation is 2. The van der Waals surface area contributed by atoms with E-state index in [0.717, 1.165) is 33.5 Å². The first-order valence-corrected chi connectivity index (χ1v) is 10.5. The lowest BCUT2D eigenvalue weighted by molar-refractivity contribution is -0.141. The smallest absolute Gasteiger partial charge is 0.437 e. The molecule has 0 radical (unpaired) electrons. The molecule has 3 aromatic rings. The fraction of sp³-hybridized carbons (Fsp3) is 0.333. The topological polar surface area (TPSA) is 82.0 Å². The maximum atomic E-state index is 13.3. The Balaban J connectivity index is 1.60. The number of fused-ring (bicyclic) bond motifs is 1. The lowest BCUT2D eigenvalue weighted by Gasteiger charge is -2.34. The van der Waals surface area contributed by atoms with Crippen molar-refractivity contribution < 1.29 is 23.9 Å². The fourth-order valence-electron chi connectivity index (χ4n) is 4.19. The fourth-order valence-corrected chi connectivity index (χ4v) is 4.19. The maximum absolute atomic E-state index is 13.3. The predicted octanol–water partition coefficient (Wildman–Crippen LogP) is 3.60. The van der Waals surface area contributed by atoms with E-state index in [1.165, 1.54) is 7.11 Å². The highest BCUT2D eigenvalue weighted by atomic mass is 16.7. The molecule has 1 atom stereocenters. The second kappa shape index (κ2) is 9.02. The number of aromatic nitrogens is 1. The lowest BCUT2D eigenvalue weighted by atomic mass is 10.0. The van der Waals surface area contributed by atoms with Crippen LogP contribution in [-0.4, -0.2) is 55.5 Å². The van der Waals surface area contributed by atoms with Crippen LogP contribution in [0.15, 0.2) is 42.5 Å². The summed E-state index contributed by atoms with van der Waals surface area (Å²) in [6, 6.07) is 12.7. The number of rotatable bonds is 4. The Kier molecular flexibility index (Phi) is 6.16. The van der Waals surface area contributed by atoms with E-state index in [1.54, 1.807) is 28.9 Å². The third-order valence-corrected chi connectivity index (χ3v) is 5.77. The second-order valence-corrected chi connectivity index (χ2v) is 7.83. The van der Waals surface area contributed by atoms with E-state index < -0.39 is 6.09 Å². The summed E-state index contributed by atoms with van der Waals surface area (Å²) >= 11 is 0. The molecule has 0 saturated carbocycles. The van der Waals surface area contributed by atoms with Gasteiger partial charge in [0.25, 0.3) is 0 Å². The van der Waals surface area contributed by atoms with Gasteiger partial charge >= 0.3 is 12.1 Å². The molecule has 1 aliphatic heterocycles. The summed E-state index contributed by atoms with van der Waals surface area (Å²) in [6.45, 7) is 5.69. The molecule has 1 N–H and O–H groups in total. The highest BCUT2D eigenvalue weighted by Crippen LogP contribution is 2.29. The van der Waals surface area contributed by atoms with Crippen LogP contribution in [0.5, 0.6) is 5.75 Å². The zero-order valence-electron chi connectivity index (χ0n) is 18.7. The number of carbonyl (C=O) groups excluding carboxylic acids is 2. The van der Waals surface area contributed by atoms with Crippen LogP contribution < -0.4 is 10.1 Å². The molecular weight excluding hydrogens is 410 g/mol. The number of hydrogen-bond acceptors (Lipinski definition) is 7. The van der Waals surface area contributed by atoms with Gasteiger partial charge in [-0.25, -0.2) is 14.2 Å². The Morgan fingerprint density at radius 3 is 2.50 bits per heavy atom. The first-order valence-electron chi connectivity index (χ1n) is 10.5. The van der Waals surface area contributed by atoms with Gasteiger partial charge in [-0.2, -0.15) is 0 Å². The van der Waals surface area contributed by atoms with E-state index in [2.05, 4.69) is 5.32 Å². The molecule has 1 aliphatic rings. The van der Waals surface area contributed by atoms with E-state index >= 15 is 0 Å². The van der Waals surface area contributed by atoms with Crippen LogP contribution in [0.2, 0.25) is 0 Å². The molecule has 168 valence electrons. The molecule has 1 aromatic heterocycles. The Labute approximate surface area is 186 Å². The summed E-state index contributed by atoms with van der Waals surface area (Å²) in [5.41, 5.74) is 3.94. The third-order valence-electron chi connectivity index (χ3n) is 5.77. The van der Waals surface area contributed by atoms with Gasteiger partial charge in [-0.1, -0.05) is 12.1 Å². The molecule has 0 bridgehead atoms. The highest BCUT2D eigenvalue weighted by Gasteiger charge is 2.29. The molecular formula is C24H27N3O5. The van der Waals surface area contributed by atoms with Crippen LogP contribution in [0, 0.1) is 13.8 Å². The van der Waals surface area contributed by atoms with Crippen LogP contribution >= 0.6 is 0 Å². The highest BCUT2D eigenvalue weighted by molar-refractivity contribution is 5.93. The third kappa shape index (κ3) is 4.06. The number of ether oxygens (including phenoxy) is 2. The van der Waals surface area contributed by atoms with Crippen LogP contribution in [0.4, 0.5) is 4.79 Å². The summed E-state index contributed by atoms with van der Waals surface area (Å²) in [5.74, 6) is 0.363. The zero-order valence-corrected chi connectivity index (χ0v) is 18.7. The maximum Gasteiger partial charge on any atom is 0.437 e. The van der Waals surface area contributed by atoms with Crippen LogP contribution in [0.3, 0.4) is 0 Å². The molecule has 0 amide bonds. The van der Waals surface area contributed by atoms with Gasteiger partial charge in [-0.3, -0.25) is 0 Å². The Morgan fingerprint density at radius 1 is 1.06 bits per heavy atom. The van der Waals surface area contributed by atoms with Gasteiger partial charge in [0.15, 0.2) is 0 Å². The minimum atomic E-state index is -0.455. The van der Waals surface area contributed by atoms with Gasteiger partial charge < -0.3 is 19.6 Å². The van der Waals surface area contributed by atoms with Gasteiger partial charge in [-0.05, 0) is 55.3 Å². The molecule has 8 heteroatoms. The number of benzene rings is 2. The SMILES string of the molecule is COC(=O)c1ccc(C2CNCCN2OC(=O)n2c(C)cc3cc(OC)cc(C)c32)cc1. The number of piperazine rings is 1. The van der Waals surface area contributed by atoms with Gasteiger partial charge in [0.1, 0.15) is 5.75 Å². The molecule has 1 unspecified atom stereocenters. The molecule has 4 rings (SSSR count). The van der Waals surface area contributed by atoms with E-state index in [1.807, 2.05) is 44.2 Å². The number of methoxy groups -OCH3 is 2. The van der Waals surface area contributed by atoms with E-state index in [9.17, 15) is 9.59 Å². The van der Waals surface area contributed by atoms with Crippen LogP contribution in [0.25, 0.3) is 10.9 Å². The first-order chi connectivity index (χ1) is 15.4. The van der Waals surface area contributed by atoms with Crippen LogP contribution in [0.1, 0.15) is 33.2 Å². The molecule has 0 aliphatic carbocycles. The first kappa shape index (κ1) is 21.9.